The summed E-state index contributed by atoms with van der Waals surface area (Å²) in [5.74, 6) is -2.55. The number of hydrogen-bond acceptors (Lipinski definition) is 5. The summed E-state index contributed by atoms with van der Waals surface area (Å²) in [5, 5.41) is 10.9. The van der Waals surface area contributed by atoms with Crippen molar-refractivity contribution in [3.63, 3.8) is 0 Å². The first-order valence-corrected chi connectivity index (χ1v) is 7.57. The van der Waals surface area contributed by atoms with Crippen molar-refractivity contribution < 1.29 is 27.5 Å². The van der Waals surface area contributed by atoms with E-state index in [1.54, 1.807) is 13.8 Å². The number of amides is 1. The Bertz CT molecular complexity index is 632. The molecule has 1 atom stereocenters. The fraction of sp³-hybridized carbons (Fsp3) is 0.500. The highest BCUT2D eigenvalue weighted by Crippen LogP contribution is 2.17. The van der Waals surface area contributed by atoms with Crippen molar-refractivity contribution in [2.75, 3.05) is 14.1 Å². The molecule has 1 aromatic heterocycles. The number of carbonyl (C=O) groups is 2. The molecule has 0 aromatic carbocycles. The average Bonchev–Trinajstić information content (AvgIpc) is 2.84. The lowest BCUT2D eigenvalue weighted by Gasteiger charge is -2.16. The zero-order valence-electron chi connectivity index (χ0n) is 12.2. The Labute approximate surface area is 122 Å². The molecular weight excluding hydrogens is 300 g/mol. The third kappa shape index (κ3) is 3.82. The maximum Gasteiger partial charge on any atom is 0.326 e. The van der Waals surface area contributed by atoms with E-state index in [0.717, 1.165) is 10.4 Å². The highest BCUT2D eigenvalue weighted by Gasteiger charge is 2.27. The molecular formula is C12H18N2O6S. The van der Waals surface area contributed by atoms with E-state index in [0.29, 0.717) is 0 Å². The molecule has 0 aliphatic heterocycles. The number of nitrogens with zero attached hydrogens (tertiary/aromatic N) is 1. The van der Waals surface area contributed by atoms with Crippen LogP contribution in [0.5, 0.6) is 0 Å². The summed E-state index contributed by atoms with van der Waals surface area (Å²) in [6.07, 6.45) is 0. The van der Waals surface area contributed by atoms with Gasteiger partial charge >= 0.3 is 5.97 Å². The smallest absolute Gasteiger partial charge is 0.326 e. The van der Waals surface area contributed by atoms with Crippen LogP contribution in [0.25, 0.3) is 0 Å². The fourth-order valence-electron chi connectivity index (χ4n) is 1.49. The van der Waals surface area contributed by atoms with Crippen LogP contribution in [0.1, 0.15) is 24.4 Å². The normalized spacial score (nSPS) is 13.4. The summed E-state index contributed by atoms with van der Waals surface area (Å²) in [4.78, 5) is 22.9. The molecule has 0 bridgehead atoms. The number of hydrogen-bond donors (Lipinski definition) is 2. The van der Waals surface area contributed by atoms with E-state index in [9.17, 15) is 18.0 Å². The molecule has 0 spiro atoms. The number of furan rings is 1. The van der Waals surface area contributed by atoms with Gasteiger partial charge < -0.3 is 14.8 Å². The van der Waals surface area contributed by atoms with E-state index in [4.69, 9.17) is 9.52 Å². The summed E-state index contributed by atoms with van der Waals surface area (Å²) < 4.78 is 29.6. The zero-order valence-corrected chi connectivity index (χ0v) is 13.0. The van der Waals surface area contributed by atoms with E-state index >= 15 is 0 Å². The van der Waals surface area contributed by atoms with E-state index in [-0.39, 0.29) is 16.8 Å². The van der Waals surface area contributed by atoms with E-state index < -0.39 is 27.9 Å². The Balaban J connectivity index is 2.96. The Kier molecular flexibility index (Phi) is 5.13. The van der Waals surface area contributed by atoms with Crippen LogP contribution < -0.4 is 5.32 Å². The molecule has 0 aliphatic rings. The van der Waals surface area contributed by atoms with Crippen LogP contribution in [0, 0.1) is 5.92 Å². The topological polar surface area (TPSA) is 117 Å². The molecule has 1 rings (SSSR count). The second-order valence-electron chi connectivity index (χ2n) is 4.94. The lowest BCUT2D eigenvalue weighted by Crippen LogP contribution is -2.44. The van der Waals surface area contributed by atoms with Crippen LogP contribution >= 0.6 is 0 Å². The van der Waals surface area contributed by atoms with Crippen molar-refractivity contribution in [1.29, 1.82) is 0 Å². The number of carboxylic acids is 1. The SMILES string of the molecule is CC(C)[C@@H](NC(=O)c1ccc(S(=O)(=O)N(C)C)o1)C(=O)O. The molecule has 9 heteroatoms. The van der Waals surface area contributed by atoms with Gasteiger partial charge in [0.1, 0.15) is 6.04 Å². The first-order chi connectivity index (χ1) is 9.57. The quantitative estimate of drug-likeness (QED) is 0.782. The Morgan fingerprint density at radius 2 is 1.86 bits per heavy atom. The van der Waals surface area contributed by atoms with Gasteiger partial charge in [-0.1, -0.05) is 13.8 Å². The first kappa shape index (κ1) is 17.2. The first-order valence-electron chi connectivity index (χ1n) is 6.13. The van der Waals surface area contributed by atoms with E-state index in [2.05, 4.69) is 5.32 Å². The molecule has 118 valence electrons. The lowest BCUT2D eigenvalue weighted by atomic mass is 10.0. The zero-order chi connectivity index (χ0) is 16.4. The summed E-state index contributed by atoms with van der Waals surface area (Å²) in [6.45, 7) is 3.28. The molecule has 0 unspecified atom stereocenters. The molecule has 0 saturated carbocycles. The predicted molar refractivity (Wildman–Crippen MR) is 73.3 cm³/mol. The Hall–Kier alpha value is -1.87. The van der Waals surface area contributed by atoms with Crippen LogP contribution in [-0.4, -0.2) is 49.8 Å². The maximum atomic E-state index is 11.9. The van der Waals surface area contributed by atoms with Gasteiger partial charge in [-0.25, -0.2) is 17.5 Å². The van der Waals surface area contributed by atoms with Crippen LogP contribution in [0.4, 0.5) is 0 Å². The third-order valence-electron chi connectivity index (χ3n) is 2.76. The number of nitrogens with one attached hydrogen (secondary N) is 1. The van der Waals surface area contributed by atoms with Crippen molar-refractivity contribution in [2.45, 2.75) is 25.0 Å². The second-order valence-corrected chi connectivity index (χ2v) is 7.02. The van der Waals surface area contributed by atoms with Gasteiger partial charge in [0, 0.05) is 14.1 Å². The lowest BCUT2D eigenvalue weighted by molar-refractivity contribution is -0.140. The number of carboxylic acid groups (broad SMARTS) is 1. The monoisotopic (exact) mass is 318 g/mol. The van der Waals surface area contributed by atoms with Crippen molar-refractivity contribution >= 4 is 21.9 Å². The highest BCUT2D eigenvalue weighted by atomic mass is 32.2. The van der Waals surface area contributed by atoms with Gasteiger partial charge in [-0.05, 0) is 18.1 Å². The standard InChI is InChI=1S/C12H18N2O6S/c1-7(2)10(12(16)17)13-11(15)8-5-6-9(20-8)21(18,19)14(3)4/h5-7,10H,1-4H3,(H,13,15)(H,16,17)/t10-/m1/s1. The summed E-state index contributed by atoms with van der Waals surface area (Å²) >= 11 is 0. The number of rotatable bonds is 6. The maximum absolute atomic E-state index is 11.9. The largest absolute Gasteiger partial charge is 0.480 e. The predicted octanol–water partition coefficient (Wildman–Crippen LogP) is 0.369. The summed E-state index contributed by atoms with van der Waals surface area (Å²) in [6, 6.07) is 1.25. The van der Waals surface area contributed by atoms with Crippen LogP contribution in [-0.2, 0) is 14.8 Å². The van der Waals surface area contributed by atoms with Crippen molar-refractivity contribution in [2.24, 2.45) is 5.92 Å². The van der Waals surface area contributed by atoms with Crippen LogP contribution in [0.3, 0.4) is 0 Å². The molecule has 21 heavy (non-hydrogen) atoms. The van der Waals surface area contributed by atoms with Gasteiger partial charge in [0.2, 0.25) is 5.09 Å². The summed E-state index contributed by atoms with van der Waals surface area (Å²) in [5.41, 5.74) is 0. The molecule has 8 nitrogen and oxygen atoms in total. The number of carbonyl (C=O) groups excluding carboxylic acids is 1. The van der Waals surface area contributed by atoms with Crippen molar-refractivity contribution in [3.05, 3.63) is 17.9 Å². The Morgan fingerprint density at radius 1 is 1.29 bits per heavy atom. The summed E-state index contributed by atoms with van der Waals surface area (Å²) in [7, 11) is -1.12. The molecule has 1 heterocycles. The van der Waals surface area contributed by atoms with Gasteiger partial charge in [0.25, 0.3) is 15.9 Å². The van der Waals surface area contributed by atoms with Crippen LogP contribution in [0.15, 0.2) is 21.6 Å². The van der Waals surface area contributed by atoms with Crippen molar-refractivity contribution in [1.82, 2.24) is 9.62 Å². The minimum absolute atomic E-state index is 0.262. The molecule has 0 saturated heterocycles. The van der Waals surface area contributed by atoms with Gasteiger partial charge in [-0.15, -0.1) is 0 Å². The van der Waals surface area contributed by atoms with E-state index in [1.807, 2.05) is 0 Å². The highest BCUT2D eigenvalue weighted by molar-refractivity contribution is 7.88. The average molecular weight is 318 g/mol. The fourth-order valence-corrected chi connectivity index (χ4v) is 2.28. The van der Waals surface area contributed by atoms with E-state index in [1.165, 1.54) is 20.2 Å². The van der Waals surface area contributed by atoms with Crippen LogP contribution in [0.2, 0.25) is 0 Å². The minimum atomic E-state index is -3.78. The Morgan fingerprint density at radius 3 is 2.29 bits per heavy atom. The van der Waals surface area contributed by atoms with Crippen molar-refractivity contribution in [3.8, 4) is 0 Å². The minimum Gasteiger partial charge on any atom is -0.480 e. The van der Waals surface area contributed by atoms with Gasteiger partial charge in [-0.2, -0.15) is 0 Å². The molecule has 0 aliphatic carbocycles. The van der Waals surface area contributed by atoms with Gasteiger partial charge in [0.05, 0.1) is 0 Å². The number of aliphatic carboxylic acids is 1. The number of sulfonamides is 1. The molecule has 1 aromatic rings. The third-order valence-corrected chi connectivity index (χ3v) is 4.45. The molecule has 2 N–H and O–H groups in total. The van der Waals surface area contributed by atoms with Gasteiger partial charge in [-0.3, -0.25) is 4.79 Å². The molecule has 0 fully saturated rings. The second kappa shape index (κ2) is 6.27. The van der Waals surface area contributed by atoms with Gasteiger partial charge in [0.15, 0.2) is 5.76 Å². The molecule has 0 radical (unpaired) electrons. The molecule has 1 amide bonds.